The van der Waals surface area contributed by atoms with Crippen molar-refractivity contribution < 1.29 is 14.1 Å². The standard InChI is InChI=1S/C10H13NO3S/c1-11-15(2,14)9-5-3-8(4-6-9)7-10(12)13/h3-6H,7H2,1-2H3,(H,12,13)/t15-/m1/s1. The van der Waals surface area contributed by atoms with Gasteiger partial charge in [-0.3, -0.25) is 4.79 Å². The van der Waals surface area contributed by atoms with E-state index in [0.29, 0.717) is 10.5 Å². The summed E-state index contributed by atoms with van der Waals surface area (Å²) in [5, 5.41) is 8.57. The monoisotopic (exact) mass is 227 g/mol. The smallest absolute Gasteiger partial charge is 0.307 e. The van der Waals surface area contributed by atoms with Gasteiger partial charge in [0.2, 0.25) is 0 Å². The van der Waals surface area contributed by atoms with E-state index in [9.17, 15) is 9.00 Å². The molecule has 0 saturated heterocycles. The molecule has 1 aromatic carbocycles. The minimum absolute atomic E-state index is 0.0194. The normalized spacial score (nSPS) is 14.3. The van der Waals surface area contributed by atoms with Crippen molar-refractivity contribution in [3.05, 3.63) is 29.8 Å². The van der Waals surface area contributed by atoms with Crippen LogP contribution in [0.1, 0.15) is 5.56 Å². The lowest BCUT2D eigenvalue weighted by atomic mass is 10.2. The van der Waals surface area contributed by atoms with Gasteiger partial charge in [0.15, 0.2) is 0 Å². The van der Waals surface area contributed by atoms with Crippen LogP contribution in [-0.2, 0) is 20.9 Å². The molecule has 0 saturated carbocycles. The number of benzene rings is 1. The van der Waals surface area contributed by atoms with Crippen LogP contribution in [0.4, 0.5) is 0 Å². The second-order valence-electron chi connectivity index (χ2n) is 3.20. The number of carboxylic acid groups (broad SMARTS) is 1. The Labute approximate surface area is 89.1 Å². The van der Waals surface area contributed by atoms with Crippen molar-refractivity contribution >= 4 is 15.7 Å². The van der Waals surface area contributed by atoms with Crippen LogP contribution in [0.2, 0.25) is 0 Å². The molecule has 0 aliphatic rings. The fourth-order valence-corrected chi connectivity index (χ4v) is 1.99. The maximum Gasteiger partial charge on any atom is 0.307 e. The van der Waals surface area contributed by atoms with Crippen molar-refractivity contribution in [3.63, 3.8) is 0 Å². The second-order valence-corrected chi connectivity index (χ2v) is 5.64. The van der Waals surface area contributed by atoms with Crippen LogP contribution in [-0.4, -0.2) is 28.6 Å². The topological polar surface area (TPSA) is 66.7 Å². The molecule has 0 unspecified atom stereocenters. The molecule has 1 rings (SSSR count). The first-order chi connectivity index (χ1) is 6.95. The minimum atomic E-state index is -2.32. The summed E-state index contributed by atoms with van der Waals surface area (Å²) in [7, 11) is -0.808. The molecule has 0 bridgehead atoms. The van der Waals surface area contributed by atoms with E-state index in [1.807, 2.05) is 0 Å². The van der Waals surface area contributed by atoms with E-state index in [4.69, 9.17) is 5.11 Å². The van der Waals surface area contributed by atoms with E-state index in [2.05, 4.69) is 4.36 Å². The summed E-state index contributed by atoms with van der Waals surface area (Å²) in [5.74, 6) is -0.875. The Morgan fingerprint density at radius 1 is 1.40 bits per heavy atom. The highest BCUT2D eigenvalue weighted by molar-refractivity contribution is 7.93. The minimum Gasteiger partial charge on any atom is -0.481 e. The SMILES string of the molecule is CN=[S@](C)(=O)c1ccc(CC(=O)O)cc1. The Hall–Kier alpha value is -1.36. The summed E-state index contributed by atoms with van der Waals surface area (Å²) >= 11 is 0. The Morgan fingerprint density at radius 3 is 2.33 bits per heavy atom. The molecule has 5 heteroatoms. The lowest BCUT2D eigenvalue weighted by Gasteiger charge is -2.03. The predicted molar refractivity (Wildman–Crippen MR) is 58.5 cm³/mol. The van der Waals surface area contributed by atoms with Gasteiger partial charge >= 0.3 is 5.97 Å². The largest absolute Gasteiger partial charge is 0.481 e. The van der Waals surface area contributed by atoms with Crippen LogP contribution in [0.3, 0.4) is 0 Å². The van der Waals surface area contributed by atoms with Gasteiger partial charge in [0.1, 0.15) is 0 Å². The second kappa shape index (κ2) is 4.44. The summed E-state index contributed by atoms with van der Waals surface area (Å²) < 4.78 is 15.6. The van der Waals surface area contributed by atoms with E-state index in [-0.39, 0.29) is 6.42 Å². The average Bonchev–Trinajstić information content (AvgIpc) is 2.18. The molecule has 0 fully saturated rings. The Bertz CT molecular complexity index is 470. The van der Waals surface area contributed by atoms with Gasteiger partial charge in [0.25, 0.3) is 0 Å². The Morgan fingerprint density at radius 2 is 1.93 bits per heavy atom. The first-order valence-corrected chi connectivity index (χ1v) is 6.29. The third-order valence-corrected chi connectivity index (χ3v) is 3.91. The molecule has 0 aliphatic carbocycles. The molecule has 0 heterocycles. The van der Waals surface area contributed by atoms with Gasteiger partial charge < -0.3 is 5.11 Å². The van der Waals surface area contributed by atoms with Crippen LogP contribution in [0.25, 0.3) is 0 Å². The van der Waals surface area contributed by atoms with Gasteiger partial charge in [-0.15, -0.1) is 0 Å². The van der Waals surface area contributed by atoms with Crippen molar-refractivity contribution in [2.75, 3.05) is 13.3 Å². The van der Waals surface area contributed by atoms with Crippen LogP contribution in [0.15, 0.2) is 33.5 Å². The zero-order chi connectivity index (χ0) is 11.5. The van der Waals surface area contributed by atoms with Crippen LogP contribution >= 0.6 is 0 Å². The molecule has 1 atom stereocenters. The molecule has 1 aromatic rings. The molecule has 0 radical (unpaired) electrons. The van der Waals surface area contributed by atoms with Crippen molar-refractivity contribution in [2.24, 2.45) is 4.36 Å². The fourth-order valence-electron chi connectivity index (χ4n) is 1.14. The number of carbonyl (C=O) groups is 1. The quantitative estimate of drug-likeness (QED) is 0.848. The Kier molecular flexibility index (Phi) is 3.47. The number of aliphatic carboxylic acids is 1. The van der Waals surface area contributed by atoms with E-state index >= 15 is 0 Å². The molecule has 4 nitrogen and oxygen atoms in total. The van der Waals surface area contributed by atoms with Gasteiger partial charge in [0, 0.05) is 18.2 Å². The van der Waals surface area contributed by atoms with E-state index in [0.717, 1.165) is 0 Å². The van der Waals surface area contributed by atoms with Gasteiger partial charge in [0.05, 0.1) is 16.1 Å². The maximum absolute atomic E-state index is 11.8. The number of hydrogen-bond acceptors (Lipinski definition) is 3. The molecule has 15 heavy (non-hydrogen) atoms. The highest BCUT2D eigenvalue weighted by atomic mass is 32.2. The predicted octanol–water partition coefficient (Wildman–Crippen LogP) is 1.40. The zero-order valence-electron chi connectivity index (χ0n) is 8.64. The summed E-state index contributed by atoms with van der Waals surface area (Å²) in [4.78, 5) is 11.1. The molecule has 82 valence electrons. The third-order valence-electron chi connectivity index (χ3n) is 2.06. The molecule has 0 amide bonds. The first-order valence-electron chi connectivity index (χ1n) is 4.37. The number of nitrogens with zero attached hydrogens (tertiary/aromatic N) is 1. The molecule has 0 aromatic heterocycles. The number of carboxylic acids is 1. The molecule has 0 aliphatic heterocycles. The van der Waals surface area contributed by atoms with Crippen LogP contribution in [0, 0.1) is 0 Å². The van der Waals surface area contributed by atoms with E-state index in [1.54, 1.807) is 30.5 Å². The Balaban J connectivity index is 3.01. The van der Waals surface area contributed by atoms with Crippen molar-refractivity contribution in [1.29, 1.82) is 0 Å². The van der Waals surface area contributed by atoms with Gasteiger partial charge in [-0.05, 0) is 17.7 Å². The number of rotatable bonds is 3. The molecular formula is C10H13NO3S. The van der Waals surface area contributed by atoms with Gasteiger partial charge in [-0.2, -0.15) is 0 Å². The van der Waals surface area contributed by atoms with Gasteiger partial charge in [-0.1, -0.05) is 12.1 Å². The summed E-state index contributed by atoms with van der Waals surface area (Å²) in [6, 6.07) is 6.65. The molecular weight excluding hydrogens is 214 g/mol. The highest BCUT2D eigenvalue weighted by Crippen LogP contribution is 2.12. The lowest BCUT2D eigenvalue weighted by Crippen LogP contribution is -2.01. The third kappa shape index (κ3) is 3.06. The van der Waals surface area contributed by atoms with Gasteiger partial charge in [-0.25, -0.2) is 8.57 Å². The summed E-state index contributed by atoms with van der Waals surface area (Å²) in [6.07, 6.45) is 1.54. The summed E-state index contributed by atoms with van der Waals surface area (Å²) in [6.45, 7) is 0. The summed E-state index contributed by atoms with van der Waals surface area (Å²) in [5.41, 5.74) is 0.692. The lowest BCUT2D eigenvalue weighted by molar-refractivity contribution is -0.136. The van der Waals surface area contributed by atoms with Crippen molar-refractivity contribution in [1.82, 2.24) is 0 Å². The molecule has 0 spiro atoms. The highest BCUT2D eigenvalue weighted by Gasteiger charge is 2.05. The fraction of sp³-hybridized carbons (Fsp3) is 0.300. The van der Waals surface area contributed by atoms with Crippen molar-refractivity contribution in [3.8, 4) is 0 Å². The van der Waals surface area contributed by atoms with Crippen LogP contribution in [0.5, 0.6) is 0 Å². The zero-order valence-corrected chi connectivity index (χ0v) is 9.45. The van der Waals surface area contributed by atoms with E-state index < -0.39 is 15.7 Å². The van der Waals surface area contributed by atoms with E-state index in [1.165, 1.54) is 7.05 Å². The molecule has 1 N–H and O–H groups in total. The number of hydrogen-bond donors (Lipinski definition) is 1. The average molecular weight is 227 g/mol. The first kappa shape index (κ1) is 11.7. The van der Waals surface area contributed by atoms with Crippen LogP contribution < -0.4 is 0 Å². The maximum atomic E-state index is 11.8. The van der Waals surface area contributed by atoms with Crippen molar-refractivity contribution in [2.45, 2.75) is 11.3 Å².